The van der Waals surface area contributed by atoms with E-state index < -0.39 is 0 Å². The van der Waals surface area contributed by atoms with Crippen molar-refractivity contribution in [1.29, 1.82) is 0 Å². The van der Waals surface area contributed by atoms with Gasteiger partial charge in [0.15, 0.2) is 0 Å². The van der Waals surface area contributed by atoms with Crippen LogP contribution in [0.4, 0.5) is 17.1 Å². The van der Waals surface area contributed by atoms with E-state index in [0.717, 1.165) is 82.5 Å². The number of hydrogen-bond acceptors (Lipinski definition) is 9. The maximum Gasteiger partial charge on any atom is 0.0985 e. The molecule has 10 heteroatoms. The van der Waals surface area contributed by atoms with Gasteiger partial charge in [0.05, 0.1) is 33.1 Å². The zero-order valence-corrected chi connectivity index (χ0v) is 25.5. The molecule has 0 saturated carbocycles. The second-order valence-corrected chi connectivity index (χ2v) is 10.3. The van der Waals surface area contributed by atoms with Gasteiger partial charge in [0, 0.05) is 104 Å². The Labute approximate surface area is 274 Å². The third-order valence-electron chi connectivity index (χ3n) is 7.48. The van der Waals surface area contributed by atoms with E-state index in [4.69, 9.17) is 17.2 Å². The van der Waals surface area contributed by atoms with Crippen molar-refractivity contribution < 1.29 is 17.1 Å². The van der Waals surface area contributed by atoms with Crippen molar-refractivity contribution >= 4 is 82.5 Å². The molecule has 6 N–H and O–H groups in total. The van der Waals surface area contributed by atoms with Crippen LogP contribution in [0.25, 0.3) is 65.4 Å². The maximum atomic E-state index is 5.95. The predicted octanol–water partition coefficient (Wildman–Crippen LogP) is 7.09. The molecular weight excluding hydrogens is 614 g/mol. The number of anilines is 3. The van der Waals surface area contributed by atoms with Gasteiger partial charge >= 0.3 is 0 Å². The van der Waals surface area contributed by atoms with Crippen LogP contribution in [-0.2, 0) is 17.1 Å². The summed E-state index contributed by atoms with van der Waals surface area (Å²) >= 11 is 0. The summed E-state index contributed by atoms with van der Waals surface area (Å²) in [5.41, 5.74) is 25.4. The van der Waals surface area contributed by atoms with Gasteiger partial charge in [-0.05, 0) is 72.8 Å². The van der Waals surface area contributed by atoms with Crippen molar-refractivity contribution in [3.8, 4) is 0 Å². The molecule has 0 aliphatic heterocycles. The topological polar surface area (TPSA) is 155 Å². The van der Waals surface area contributed by atoms with E-state index in [1.165, 1.54) is 0 Å². The molecule has 0 atom stereocenters. The quantitative estimate of drug-likeness (QED) is 0.0894. The summed E-state index contributed by atoms with van der Waals surface area (Å²) in [6, 6.07) is 29.0. The first kappa shape index (κ1) is 30.1. The monoisotopic (exact) mass is 641 g/mol. The molecule has 0 spiro atoms. The number of benzene rings is 3. The first-order chi connectivity index (χ1) is 22.1. The smallest absolute Gasteiger partial charge is 0.0985 e. The average Bonchev–Trinajstić information content (AvgIpc) is 3.09. The number of nitrogens with zero attached hydrogens (tertiary/aromatic N) is 6. The number of hydrogen-bond donors (Lipinski definition) is 3. The van der Waals surface area contributed by atoms with Gasteiger partial charge in [0.2, 0.25) is 0 Å². The number of nitrogen functional groups attached to an aromatic ring is 3. The molecule has 0 radical (unpaired) electrons. The van der Waals surface area contributed by atoms with Crippen LogP contribution in [0.15, 0.2) is 128 Å². The molecule has 0 amide bonds. The van der Waals surface area contributed by atoms with Crippen LogP contribution in [0.5, 0.6) is 0 Å². The molecular formula is C36H27FeN9. The van der Waals surface area contributed by atoms with Gasteiger partial charge in [-0.15, -0.1) is 0 Å². The zero-order valence-electron chi connectivity index (χ0n) is 24.4. The fourth-order valence-electron chi connectivity index (χ4n) is 5.41. The fraction of sp³-hybridized carbons (Fsp3) is 0. The van der Waals surface area contributed by atoms with Crippen molar-refractivity contribution in [2.24, 2.45) is 0 Å². The van der Waals surface area contributed by atoms with E-state index in [0.29, 0.717) is 0 Å². The Hall–Kier alpha value is -5.96. The first-order valence-electron chi connectivity index (χ1n) is 14.2. The number of aromatic nitrogens is 6. The van der Waals surface area contributed by atoms with E-state index in [-0.39, 0.29) is 17.1 Å². The van der Waals surface area contributed by atoms with Gasteiger partial charge in [-0.2, -0.15) is 0 Å². The standard InChI is InChI=1S/3C12H9N3.Fe/c3*13-10-7-8-3-1-5-14-11(8)12-9(10)4-2-6-15-12;/h3*1-7H,13H2;. The molecule has 0 unspecified atom stereocenters. The molecule has 6 heterocycles. The number of fused-ring (bicyclic) bond motifs is 9. The molecule has 9 aromatic rings. The van der Waals surface area contributed by atoms with Crippen LogP contribution < -0.4 is 17.2 Å². The summed E-state index contributed by atoms with van der Waals surface area (Å²) in [5, 5.41) is 5.97. The Morgan fingerprint density at radius 3 is 0.848 bits per heavy atom. The second kappa shape index (κ2) is 13.0. The Kier molecular flexibility index (Phi) is 8.47. The summed E-state index contributed by atoms with van der Waals surface area (Å²) in [6.07, 6.45) is 10.6. The Morgan fingerprint density at radius 2 is 0.565 bits per heavy atom. The van der Waals surface area contributed by atoms with E-state index in [1.54, 1.807) is 37.2 Å². The van der Waals surface area contributed by atoms with Crippen molar-refractivity contribution in [1.82, 2.24) is 29.9 Å². The number of nitrogens with two attached hydrogens (primary N) is 3. The third kappa shape index (κ3) is 5.66. The van der Waals surface area contributed by atoms with Crippen molar-refractivity contribution in [3.63, 3.8) is 0 Å². The fourth-order valence-corrected chi connectivity index (χ4v) is 5.41. The summed E-state index contributed by atoms with van der Waals surface area (Å²) in [5.74, 6) is 0. The third-order valence-corrected chi connectivity index (χ3v) is 7.48. The molecule has 3 aromatic carbocycles. The molecule has 224 valence electrons. The maximum absolute atomic E-state index is 5.95. The Morgan fingerprint density at radius 1 is 0.326 bits per heavy atom. The number of pyridine rings is 6. The molecule has 46 heavy (non-hydrogen) atoms. The SMILES string of the molecule is Nc1cc2cccnc2c2ncccc12.Nc1cc2cccnc2c2ncccc12.Nc1cc2cccnc2c2ncccc12.[Fe]. The molecule has 6 aromatic heterocycles. The predicted molar refractivity (Wildman–Crippen MR) is 184 cm³/mol. The van der Waals surface area contributed by atoms with Gasteiger partial charge in [0.1, 0.15) is 0 Å². The summed E-state index contributed by atoms with van der Waals surface area (Å²) in [6.45, 7) is 0. The molecule has 0 aliphatic carbocycles. The van der Waals surface area contributed by atoms with Crippen LogP contribution in [0.3, 0.4) is 0 Å². The summed E-state index contributed by atoms with van der Waals surface area (Å²) < 4.78 is 0. The van der Waals surface area contributed by atoms with Gasteiger partial charge in [-0.3, -0.25) is 29.9 Å². The van der Waals surface area contributed by atoms with Crippen molar-refractivity contribution in [2.45, 2.75) is 0 Å². The van der Waals surface area contributed by atoms with Crippen molar-refractivity contribution in [3.05, 3.63) is 128 Å². The van der Waals surface area contributed by atoms with Crippen LogP contribution in [-0.4, -0.2) is 29.9 Å². The summed E-state index contributed by atoms with van der Waals surface area (Å²) in [4.78, 5) is 26.0. The second-order valence-electron chi connectivity index (χ2n) is 10.3. The van der Waals surface area contributed by atoms with E-state index in [1.807, 2.05) is 91.0 Å². The molecule has 0 saturated heterocycles. The average molecular weight is 642 g/mol. The van der Waals surface area contributed by atoms with Crippen LogP contribution in [0, 0.1) is 0 Å². The van der Waals surface area contributed by atoms with E-state index in [2.05, 4.69) is 29.9 Å². The molecule has 9 rings (SSSR count). The number of rotatable bonds is 0. The zero-order chi connectivity index (χ0) is 30.8. The van der Waals surface area contributed by atoms with Gasteiger partial charge in [-0.25, -0.2) is 0 Å². The molecule has 9 nitrogen and oxygen atoms in total. The minimum Gasteiger partial charge on any atom is -0.398 e. The first-order valence-corrected chi connectivity index (χ1v) is 14.2. The minimum absolute atomic E-state index is 0. The minimum atomic E-state index is 0. The normalized spacial score (nSPS) is 10.7. The van der Waals surface area contributed by atoms with Gasteiger partial charge in [-0.1, -0.05) is 18.2 Å². The Bertz CT molecular complexity index is 2220. The largest absolute Gasteiger partial charge is 0.398 e. The van der Waals surface area contributed by atoms with Gasteiger partial charge in [0.25, 0.3) is 0 Å². The molecule has 0 aliphatic rings. The van der Waals surface area contributed by atoms with Crippen LogP contribution in [0.2, 0.25) is 0 Å². The Balaban J connectivity index is 0.000000120. The van der Waals surface area contributed by atoms with Crippen LogP contribution >= 0.6 is 0 Å². The summed E-state index contributed by atoms with van der Waals surface area (Å²) in [7, 11) is 0. The molecule has 0 bridgehead atoms. The van der Waals surface area contributed by atoms with Crippen molar-refractivity contribution in [2.75, 3.05) is 17.2 Å². The van der Waals surface area contributed by atoms with E-state index in [9.17, 15) is 0 Å². The van der Waals surface area contributed by atoms with Gasteiger partial charge < -0.3 is 17.2 Å². The molecule has 0 fully saturated rings. The van der Waals surface area contributed by atoms with Crippen LogP contribution in [0.1, 0.15) is 0 Å². The van der Waals surface area contributed by atoms with E-state index >= 15 is 0 Å².